The minimum absolute atomic E-state index is 0.319. The maximum Gasteiger partial charge on any atom is 0.0385 e. The Morgan fingerprint density at radius 2 is 1.57 bits per heavy atom. The van der Waals surface area contributed by atoms with Gasteiger partial charge in [-0.15, -0.1) is 0 Å². The molecule has 0 saturated carbocycles. The summed E-state index contributed by atoms with van der Waals surface area (Å²) >= 11 is 0. The van der Waals surface area contributed by atoms with Crippen molar-refractivity contribution in [3.63, 3.8) is 0 Å². The summed E-state index contributed by atoms with van der Waals surface area (Å²) in [5.74, 6) is 0.719. The van der Waals surface area contributed by atoms with E-state index in [1.54, 1.807) is 6.26 Å². The summed E-state index contributed by atoms with van der Waals surface area (Å²) in [6, 6.07) is 15.8. The molecule has 0 aliphatic carbocycles. The average molecular weight is 330 g/mol. The largest absolute Gasteiger partial charge is 0.299 e. The lowest BCUT2D eigenvalue weighted by Gasteiger charge is -2.24. The molecule has 0 N–H and O–H groups in total. The molecule has 3 heteroatoms. The molecular weight excluding hydrogens is 302 g/mol. The highest BCUT2D eigenvalue weighted by Gasteiger charge is 2.11. The van der Waals surface area contributed by atoms with Crippen LogP contribution in [0.25, 0.3) is 11.1 Å². The number of rotatable bonds is 6. The number of hydrogen-bond donors (Lipinski definition) is 0. The van der Waals surface area contributed by atoms with Gasteiger partial charge < -0.3 is 0 Å². The van der Waals surface area contributed by atoms with E-state index in [1.807, 2.05) is 0 Å². The van der Waals surface area contributed by atoms with Gasteiger partial charge in [0.1, 0.15) is 0 Å². The minimum atomic E-state index is -0.749. The van der Waals surface area contributed by atoms with E-state index in [2.05, 4.69) is 75.2 Å². The zero-order valence-electron chi connectivity index (χ0n) is 14.8. The van der Waals surface area contributed by atoms with Crippen LogP contribution in [0.15, 0.2) is 42.5 Å². The van der Waals surface area contributed by atoms with Crippen molar-refractivity contribution in [2.75, 3.05) is 19.1 Å². The lowest BCUT2D eigenvalue weighted by molar-refractivity contribution is 0.268. The Labute approximate surface area is 143 Å². The molecule has 2 aromatic rings. The quantitative estimate of drug-likeness (QED) is 0.793. The first-order valence-corrected chi connectivity index (χ1v) is 9.75. The number of hydrogen-bond acceptors (Lipinski definition) is 2. The minimum Gasteiger partial charge on any atom is -0.299 e. The molecule has 0 heterocycles. The highest BCUT2D eigenvalue weighted by atomic mass is 32.2. The number of benzene rings is 2. The average Bonchev–Trinajstić information content (AvgIpc) is 2.46. The van der Waals surface area contributed by atoms with Crippen LogP contribution in [-0.2, 0) is 17.3 Å². The van der Waals surface area contributed by atoms with E-state index in [0.29, 0.717) is 6.04 Å². The topological polar surface area (TPSA) is 20.3 Å². The van der Waals surface area contributed by atoms with Gasteiger partial charge in [0.25, 0.3) is 0 Å². The molecule has 0 aliphatic heterocycles. The Bertz CT molecular complexity index is 658. The predicted octanol–water partition coefficient (Wildman–Crippen LogP) is 4.17. The van der Waals surface area contributed by atoms with Crippen LogP contribution in [0, 0.1) is 13.8 Å². The molecule has 0 amide bonds. The number of nitrogens with zero attached hydrogens (tertiary/aromatic N) is 1. The van der Waals surface area contributed by atoms with Gasteiger partial charge in [-0.1, -0.05) is 53.6 Å². The molecule has 0 saturated heterocycles. The lowest BCUT2D eigenvalue weighted by Crippen LogP contribution is -2.32. The van der Waals surface area contributed by atoms with E-state index in [9.17, 15) is 4.21 Å². The van der Waals surface area contributed by atoms with Crippen LogP contribution >= 0.6 is 0 Å². The van der Waals surface area contributed by atoms with Gasteiger partial charge in [0.15, 0.2) is 0 Å². The normalized spacial score (nSPS) is 14.0. The molecule has 23 heavy (non-hydrogen) atoms. The van der Waals surface area contributed by atoms with E-state index in [4.69, 9.17) is 0 Å². The summed E-state index contributed by atoms with van der Waals surface area (Å²) in [4.78, 5) is 2.26. The molecule has 0 unspecified atom stereocenters. The van der Waals surface area contributed by atoms with Gasteiger partial charge in [0, 0.05) is 35.4 Å². The lowest BCUT2D eigenvalue weighted by atomic mass is 10.00. The molecule has 0 aliphatic rings. The van der Waals surface area contributed by atoms with Crippen molar-refractivity contribution in [1.82, 2.24) is 4.90 Å². The Hall–Kier alpha value is -1.45. The Morgan fingerprint density at radius 3 is 2.09 bits per heavy atom. The molecule has 2 atom stereocenters. The zero-order chi connectivity index (χ0) is 17.0. The van der Waals surface area contributed by atoms with Gasteiger partial charge in [0.05, 0.1) is 0 Å². The van der Waals surface area contributed by atoms with E-state index in [0.717, 1.165) is 12.3 Å². The fourth-order valence-electron chi connectivity index (χ4n) is 2.85. The van der Waals surface area contributed by atoms with Gasteiger partial charge in [-0.2, -0.15) is 0 Å². The van der Waals surface area contributed by atoms with Crippen molar-refractivity contribution in [2.24, 2.45) is 0 Å². The maximum atomic E-state index is 11.4. The SMILES string of the molecule is Cc1cc(C)cc(-c2ccc(CN(C)[C@@H](C)C[S@](C)=O)cc2)c1. The van der Waals surface area contributed by atoms with Gasteiger partial charge in [-0.05, 0) is 44.5 Å². The fraction of sp³-hybridized carbons (Fsp3) is 0.400. The van der Waals surface area contributed by atoms with Crippen molar-refractivity contribution in [1.29, 1.82) is 0 Å². The molecule has 2 nitrogen and oxygen atoms in total. The summed E-state index contributed by atoms with van der Waals surface area (Å²) in [7, 11) is 1.34. The third-order valence-corrected chi connectivity index (χ3v) is 5.12. The first-order chi connectivity index (χ1) is 10.8. The van der Waals surface area contributed by atoms with Crippen molar-refractivity contribution >= 4 is 10.8 Å². The third-order valence-electron chi connectivity index (χ3n) is 4.17. The van der Waals surface area contributed by atoms with Gasteiger partial charge in [-0.25, -0.2) is 0 Å². The molecule has 2 aromatic carbocycles. The van der Waals surface area contributed by atoms with Crippen LogP contribution in [0.3, 0.4) is 0 Å². The highest BCUT2D eigenvalue weighted by Crippen LogP contribution is 2.23. The molecule has 0 fully saturated rings. The summed E-state index contributed by atoms with van der Waals surface area (Å²) in [6.45, 7) is 7.29. The predicted molar refractivity (Wildman–Crippen MR) is 101 cm³/mol. The van der Waals surface area contributed by atoms with Gasteiger partial charge in [-0.3, -0.25) is 9.11 Å². The zero-order valence-corrected chi connectivity index (χ0v) is 15.6. The highest BCUT2D eigenvalue weighted by molar-refractivity contribution is 7.84. The summed E-state index contributed by atoms with van der Waals surface area (Å²) in [6.07, 6.45) is 1.77. The van der Waals surface area contributed by atoms with E-state index < -0.39 is 10.8 Å². The summed E-state index contributed by atoms with van der Waals surface area (Å²) in [5, 5.41) is 0. The van der Waals surface area contributed by atoms with Crippen LogP contribution in [0.4, 0.5) is 0 Å². The monoisotopic (exact) mass is 329 g/mol. The van der Waals surface area contributed by atoms with Gasteiger partial charge >= 0.3 is 0 Å². The van der Waals surface area contributed by atoms with E-state index in [1.165, 1.54) is 27.8 Å². The molecule has 124 valence electrons. The molecular formula is C20H27NOS. The third kappa shape index (κ3) is 5.29. The van der Waals surface area contributed by atoms with Crippen molar-refractivity contribution < 1.29 is 4.21 Å². The van der Waals surface area contributed by atoms with Crippen molar-refractivity contribution in [3.05, 3.63) is 59.2 Å². The van der Waals surface area contributed by atoms with Crippen LogP contribution in [-0.4, -0.2) is 34.2 Å². The second kappa shape index (κ2) is 7.89. The first kappa shape index (κ1) is 17.9. The number of aryl methyl sites for hydroxylation is 2. The van der Waals surface area contributed by atoms with Crippen molar-refractivity contribution in [2.45, 2.75) is 33.4 Å². The van der Waals surface area contributed by atoms with E-state index >= 15 is 0 Å². The maximum absolute atomic E-state index is 11.4. The molecule has 0 spiro atoms. The fourth-order valence-corrected chi connectivity index (χ4v) is 3.79. The van der Waals surface area contributed by atoms with Gasteiger partial charge in [0.2, 0.25) is 0 Å². The van der Waals surface area contributed by atoms with E-state index in [-0.39, 0.29) is 0 Å². The molecule has 0 aromatic heterocycles. The Balaban J connectivity index is 2.08. The molecule has 0 bridgehead atoms. The molecule has 0 radical (unpaired) electrons. The van der Waals surface area contributed by atoms with Crippen molar-refractivity contribution in [3.8, 4) is 11.1 Å². The smallest absolute Gasteiger partial charge is 0.0385 e. The standard InChI is InChI=1S/C20H27NOS/c1-15-10-16(2)12-20(11-15)19-8-6-18(7-9-19)13-21(4)17(3)14-23(5)22/h6-12,17H,13-14H2,1-5H3/t17-,23-/m0/s1. The summed E-state index contributed by atoms with van der Waals surface area (Å²) in [5.41, 5.74) is 6.41. The Morgan fingerprint density at radius 1 is 1.00 bits per heavy atom. The second-order valence-electron chi connectivity index (χ2n) is 6.58. The van der Waals surface area contributed by atoms with Crippen LogP contribution in [0.5, 0.6) is 0 Å². The van der Waals surface area contributed by atoms with Crippen LogP contribution < -0.4 is 0 Å². The molecule has 2 rings (SSSR count). The Kier molecular flexibility index (Phi) is 6.14. The summed E-state index contributed by atoms with van der Waals surface area (Å²) < 4.78 is 11.4. The van der Waals surface area contributed by atoms with Crippen LogP contribution in [0.2, 0.25) is 0 Å². The van der Waals surface area contributed by atoms with Crippen LogP contribution in [0.1, 0.15) is 23.6 Å². The first-order valence-electron chi connectivity index (χ1n) is 8.03. The second-order valence-corrected chi connectivity index (χ2v) is 8.06.